The highest BCUT2D eigenvalue weighted by atomic mass is 16.5. The molecule has 1 fully saturated rings. The molecule has 1 saturated heterocycles. The first-order valence-corrected chi connectivity index (χ1v) is 9.64. The molecule has 0 saturated carbocycles. The Morgan fingerprint density at radius 3 is 2.55 bits per heavy atom. The van der Waals surface area contributed by atoms with Gasteiger partial charge in [-0.2, -0.15) is 0 Å². The summed E-state index contributed by atoms with van der Waals surface area (Å²) in [6, 6.07) is 13.4. The Morgan fingerprint density at radius 2 is 1.90 bits per heavy atom. The molecule has 1 aliphatic rings. The van der Waals surface area contributed by atoms with Crippen molar-refractivity contribution in [3.8, 4) is 22.6 Å². The molecule has 6 heteroatoms. The predicted molar refractivity (Wildman–Crippen MR) is 113 cm³/mol. The quantitative estimate of drug-likeness (QED) is 0.755. The molecule has 6 nitrogen and oxygen atoms in total. The van der Waals surface area contributed by atoms with Gasteiger partial charge in [0, 0.05) is 50.2 Å². The van der Waals surface area contributed by atoms with Crippen molar-refractivity contribution in [1.82, 2.24) is 4.90 Å². The lowest BCUT2D eigenvalue weighted by Crippen LogP contribution is -2.41. The minimum Gasteiger partial charge on any atom is -0.496 e. The first kappa shape index (κ1) is 20.5. The molecule has 2 aromatic carbocycles. The highest BCUT2D eigenvalue weighted by molar-refractivity contribution is 5.90. The Bertz CT molecular complexity index is 902. The van der Waals surface area contributed by atoms with Crippen LogP contribution in [0.3, 0.4) is 0 Å². The van der Waals surface area contributed by atoms with Crippen LogP contribution >= 0.6 is 0 Å². The zero-order valence-electron chi connectivity index (χ0n) is 16.8. The van der Waals surface area contributed by atoms with Crippen molar-refractivity contribution in [3.63, 3.8) is 0 Å². The second kappa shape index (κ2) is 9.28. The van der Waals surface area contributed by atoms with Crippen LogP contribution in [0.2, 0.25) is 0 Å². The summed E-state index contributed by atoms with van der Waals surface area (Å²) in [4.78, 5) is 25.1. The lowest BCUT2D eigenvalue weighted by molar-refractivity contribution is -0.127. The van der Waals surface area contributed by atoms with Gasteiger partial charge in [-0.15, -0.1) is 0 Å². The molecule has 0 atom stereocenters. The summed E-state index contributed by atoms with van der Waals surface area (Å²) in [5.41, 5.74) is 2.47. The summed E-state index contributed by atoms with van der Waals surface area (Å²) in [5, 5.41) is 2.84. The first-order chi connectivity index (χ1) is 14.0. The summed E-state index contributed by atoms with van der Waals surface area (Å²) in [5.74, 6) is 1.22. The number of hydrogen-bond donors (Lipinski definition) is 1. The SMILES string of the molecule is C=CC(=O)N1CCC(Oc2cc(NC(C)=O)cc(-c3ccccc3OC)c2)CC1. The van der Waals surface area contributed by atoms with Crippen LogP contribution in [-0.2, 0) is 9.59 Å². The number of rotatable bonds is 6. The van der Waals surface area contributed by atoms with Crippen molar-refractivity contribution < 1.29 is 19.1 Å². The molecule has 29 heavy (non-hydrogen) atoms. The van der Waals surface area contributed by atoms with E-state index in [0.717, 1.165) is 29.7 Å². The van der Waals surface area contributed by atoms with Crippen molar-refractivity contribution in [1.29, 1.82) is 0 Å². The molecule has 0 aromatic heterocycles. The summed E-state index contributed by atoms with van der Waals surface area (Å²) >= 11 is 0. The summed E-state index contributed by atoms with van der Waals surface area (Å²) in [6.45, 7) is 6.29. The standard InChI is InChI=1S/C23H26N2O4/c1-4-23(27)25-11-9-19(10-12-25)29-20-14-17(13-18(15-20)24-16(2)26)21-7-5-6-8-22(21)28-3/h4-8,13-15,19H,1,9-12H2,2-3H3,(H,24,26). The molecule has 1 heterocycles. The lowest BCUT2D eigenvalue weighted by Gasteiger charge is -2.31. The molecular weight excluding hydrogens is 368 g/mol. The van der Waals surface area contributed by atoms with Crippen LogP contribution in [0, 0.1) is 0 Å². The minimum absolute atomic E-state index is 0.00182. The summed E-state index contributed by atoms with van der Waals surface area (Å²) < 4.78 is 11.7. The number of para-hydroxylation sites is 1. The third-order valence-corrected chi connectivity index (χ3v) is 4.88. The number of piperidine rings is 1. The van der Waals surface area contributed by atoms with Crippen molar-refractivity contribution in [3.05, 3.63) is 55.1 Å². The van der Waals surface area contributed by atoms with Gasteiger partial charge >= 0.3 is 0 Å². The molecule has 0 aliphatic carbocycles. The number of anilines is 1. The van der Waals surface area contributed by atoms with E-state index in [-0.39, 0.29) is 17.9 Å². The molecule has 0 bridgehead atoms. The van der Waals surface area contributed by atoms with Crippen molar-refractivity contribution in [2.45, 2.75) is 25.9 Å². The fraction of sp³-hybridized carbons (Fsp3) is 0.304. The monoisotopic (exact) mass is 394 g/mol. The fourth-order valence-corrected chi connectivity index (χ4v) is 3.50. The molecule has 1 N–H and O–H groups in total. The second-order valence-electron chi connectivity index (χ2n) is 6.97. The lowest BCUT2D eigenvalue weighted by atomic mass is 10.0. The van der Waals surface area contributed by atoms with Gasteiger partial charge in [0.05, 0.1) is 7.11 Å². The third kappa shape index (κ3) is 5.16. The summed E-state index contributed by atoms with van der Waals surface area (Å²) in [6.07, 6.45) is 2.83. The van der Waals surface area contributed by atoms with E-state index in [2.05, 4.69) is 11.9 Å². The number of carbonyl (C=O) groups is 2. The van der Waals surface area contributed by atoms with Gasteiger partial charge in [0.15, 0.2) is 0 Å². The maximum atomic E-state index is 11.8. The molecule has 0 spiro atoms. The molecule has 1 aliphatic heterocycles. The van der Waals surface area contributed by atoms with Gasteiger partial charge in [-0.05, 0) is 29.8 Å². The van der Waals surface area contributed by atoms with Gasteiger partial charge in [0.1, 0.15) is 17.6 Å². The van der Waals surface area contributed by atoms with E-state index in [1.54, 1.807) is 12.0 Å². The third-order valence-electron chi connectivity index (χ3n) is 4.88. The van der Waals surface area contributed by atoms with Gasteiger partial charge in [-0.25, -0.2) is 0 Å². The Morgan fingerprint density at radius 1 is 1.17 bits per heavy atom. The van der Waals surface area contributed by atoms with E-state index in [1.807, 2.05) is 42.5 Å². The average Bonchev–Trinajstić information content (AvgIpc) is 2.73. The largest absolute Gasteiger partial charge is 0.496 e. The Kier molecular flexibility index (Phi) is 6.54. The van der Waals surface area contributed by atoms with Gasteiger partial charge in [0.25, 0.3) is 0 Å². The molecule has 2 amide bonds. The molecule has 152 valence electrons. The number of ether oxygens (including phenoxy) is 2. The predicted octanol–water partition coefficient (Wildman–Crippen LogP) is 3.88. The maximum absolute atomic E-state index is 11.8. The number of amides is 2. The van der Waals surface area contributed by atoms with Gasteiger partial charge in [0.2, 0.25) is 11.8 Å². The highest BCUT2D eigenvalue weighted by Gasteiger charge is 2.23. The number of methoxy groups -OCH3 is 1. The molecule has 2 aromatic rings. The van der Waals surface area contributed by atoms with Gasteiger partial charge in [-0.3, -0.25) is 9.59 Å². The van der Waals surface area contributed by atoms with Crippen LogP contribution < -0.4 is 14.8 Å². The number of nitrogens with zero attached hydrogens (tertiary/aromatic N) is 1. The van der Waals surface area contributed by atoms with Crippen molar-refractivity contribution in [2.75, 3.05) is 25.5 Å². The first-order valence-electron chi connectivity index (χ1n) is 9.64. The molecule has 0 unspecified atom stereocenters. The normalized spacial score (nSPS) is 14.2. The maximum Gasteiger partial charge on any atom is 0.245 e. The van der Waals surface area contributed by atoms with E-state index in [0.29, 0.717) is 24.5 Å². The van der Waals surface area contributed by atoms with Crippen LogP contribution in [0.1, 0.15) is 19.8 Å². The van der Waals surface area contributed by atoms with Gasteiger partial charge in [-0.1, -0.05) is 24.8 Å². The molecule has 0 radical (unpaired) electrons. The zero-order valence-corrected chi connectivity index (χ0v) is 16.8. The number of benzene rings is 2. The number of carbonyl (C=O) groups excluding carboxylic acids is 2. The van der Waals surface area contributed by atoms with Gasteiger partial charge < -0.3 is 19.7 Å². The Balaban J connectivity index is 1.84. The second-order valence-corrected chi connectivity index (χ2v) is 6.97. The smallest absolute Gasteiger partial charge is 0.245 e. The summed E-state index contributed by atoms with van der Waals surface area (Å²) in [7, 11) is 1.63. The Labute approximate surface area is 171 Å². The fourth-order valence-electron chi connectivity index (χ4n) is 3.50. The number of hydrogen-bond acceptors (Lipinski definition) is 4. The van der Waals surface area contributed by atoms with Crippen LogP contribution in [0.25, 0.3) is 11.1 Å². The van der Waals surface area contributed by atoms with E-state index in [4.69, 9.17) is 9.47 Å². The number of likely N-dealkylation sites (tertiary alicyclic amines) is 1. The topological polar surface area (TPSA) is 67.9 Å². The van der Waals surface area contributed by atoms with E-state index < -0.39 is 0 Å². The van der Waals surface area contributed by atoms with Crippen LogP contribution in [0.5, 0.6) is 11.5 Å². The van der Waals surface area contributed by atoms with E-state index >= 15 is 0 Å². The van der Waals surface area contributed by atoms with Crippen molar-refractivity contribution in [2.24, 2.45) is 0 Å². The zero-order chi connectivity index (χ0) is 20.8. The molecular formula is C23H26N2O4. The Hall–Kier alpha value is -3.28. The minimum atomic E-state index is -0.149. The van der Waals surface area contributed by atoms with Crippen LogP contribution in [0.15, 0.2) is 55.1 Å². The average molecular weight is 394 g/mol. The highest BCUT2D eigenvalue weighted by Crippen LogP contribution is 2.35. The van der Waals surface area contributed by atoms with Crippen LogP contribution in [-0.4, -0.2) is 43.0 Å². The van der Waals surface area contributed by atoms with E-state index in [1.165, 1.54) is 13.0 Å². The van der Waals surface area contributed by atoms with Crippen LogP contribution in [0.4, 0.5) is 5.69 Å². The van der Waals surface area contributed by atoms with E-state index in [9.17, 15) is 9.59 Å². The molecule has 3 rings (SSSR count). The number of nitrogens with one attached hydrogen (secondary N) is 1. The van der Waals surface area contributed by atoms with Crippen molar-refractivity contribution >= 4 is 17.5 Å².